The lowest BCUT2D eigenvalue weighted by atomic mass is 9.72. The van der Waals surface area contributed by atoms with E-state index in [2.05, 4.69) is 11.0 Å². The molecule has 5 rings (SSSR count). The van der Waals surface area contributed by atoms with Gasteiger partial charge in [-0.05, 0) is 78.8 Å². The van der Waals surface area contributed by atoms with Gasteiger partial charge in [0.15, 0.2) is 0 Å². The van der Waals surface area contributed by atoms with Crippen molar-refractivity contribution in [3.05, 3.63) is 64.7 Å². The number of rotatable bonds is 8. The van der Waals surface area contributed by atoms with Crippen molar-refractivity contribution in [1.29, 1.82) is 0 Å². The molecule has 0 aromatic heterocycles. The van der Waals surface area contributed by atoms with Crippen molar-refractivity contribution >= 4 is 5.97 Å². The summed E-state index contributed by atoms with van der Waals surface area (Å²) in [5, 5.41) is 9.45. The number of carboxylic acid groups (broad SMARTS) is 1. The maximum absolute atomic E-state index is 16.2. The summed E-state index contributed by atoms with van der Waals surface area (Å²) in [7, 11) is 0. The smallest absolute Gasteiger partial charge is 0.416 e. The van der Waals surface area contributed by atoms with Crippen LogP contribution in [0.25, 0.3) is 0 Å². The van der Waals surface area contributed by atoms with Crippen LogP contribution in [0.4, 0.5) is 17.6 Å². The van der Waals surface area contributed by atoms with E-state index in [0.717, 1.165) is 60.3 Å². The zero-order valence-corrected chi connectivity index (χ0v) is 22.2. The van der Waals surface area contributed by atoms with Gasteiger partial charge in [0.1, 0.15) is 11.4 Å². The highest BCUT2D eigenvalue weighted by Crippen LogP contribution is 2.44. The Bertz CT molecular complexity index is 1140. The van der Waals surface area contributed by atoms with Gasteiger partial charge >= 0.3 is 12.1 Å². The van der Waals surface area contributed by atoms with Gasteiger partial charge in [0.2, 0.25) is 0 Å². The molecular weight excluding hydrogens is 510 g/mol. The molecule has 0 spiro atoms. The number of nitrogens with zero attached hydrogens (tertiary/aromatic N) is 1. The second kappa shape index (κ2) is 11.5. The van der Waals surface area contributed by atoms with Crippen molar-refractivity contribution in [1.82, 2.24) is 4.90 Å². The largest absolute Gasteiger partial charge is 0.493 e. The number of hydrogen-bond donors (Lipinski definition) is 1. The number of carboxylic acids is 1. The van der Waals surface area contributed by atoms with Gasteiger partial charge in [-0.1, -0.05) is 43.5 Å². The molecule has 2 aromatic carbocycles. The highest BCUT2D eigenvalue weighted by molar-refractivity contribution is 5.67. The van der Waals surface area contributed by atoms with E-state index in [1.165, 1.54) is 12.1 Å². The summed E-state index contributed by atoms with van der Waals surface area (Å²) in [4.78, 5) is 13.7. The minimum absolute atomic E-state index is 0.0295. The molecule has 212 valence electrons. The van der Waals surface area contributed by atoms with Gasteiger partial charge in [-0.3, -0.25) is 9.69 Å². The molecule has 1 heterocycles. The van der Waals surface area contributed by atoms with Crippen LogP contribution in [-0.4, -0.2) is 40.8 Å². The number of fused-ring (bicyclic) bond motifs is 1. The first-order valence-corrected chi connectivity index (χ1v) is 14.2. The molecular formula is C31H37F4NO3. The standard InChI is InChI=1S/C31H37F4NO3/c32-30(13-2-1-3-14-30)20-36(19-22-5-11-28-24(16-22)12-15-39-28)27-10-4-21(18-29(37)38)17-26(27)23-6-8-25(9-7-23)31(33,34)35/h5-9,11,16,21,26-27H,1-4,10,12-15,17-20H2,(H,37,38)/t21-,26+,27-/m1/s1. The predicted octanol–water partition coefficient (Wildman–Crippen LogP) is 7.54. The van der Waals surface area contributed by atoms with Gasteiger partial charge in [0.25, 0.3) is 0 Å². The second-order valence-corrected chi connectivity index (χ2v) is 11.7. The number of benzene rings is 2. The summed E-state index contributed by atoms with van der Waals surface area (Å²) in [6, 6.07) is 11.3. The molecule has 0 unspecified atom stereocenters. The van der Waals surface area contributed by atoms with Crippen LogP contribution in [0.1, 0.15) is 86.0 Å². The van der Waals surface area contributed by atoms with Crippen molar-refractivity contribution < 1.29 is 32.2 Å². The van der Waals surface area contributed by atoms with E-state index in [4.69, 9.17) is 4.74 Å². The molecule has 3 aliphatic rings. The lowest BCUT2D eigenvalue weighted by Crippen LogP contribution is -2.49. The van der Waals surface area contributed by atoms with Crippen LogP contribution in [0.15, 0.2) is 42.5 Å². The van der Waals surface area contributed by atoms with Gasteiger partial charge in [-0.2, -0.15) is 13.2 Å². The van der Waals surface area contributed by atoms with Gasteiger partial charge in [-0.15, -0.1) is 0 Å². The number of alkyl halides is 4. The first-order valence-electron chi connectivity index (χ1n) is 14.2. The molecule has 8 heteroatoms. The Hall–Kier alpha value is -2.61. The summed E-state index contributed by atoms with van der Waals surface area (Å²) >= 11 is 0. The van der Waals surface area contributed by atoms with Crippen LogP contribution in [0.2, 0.25) is 0 Å². The fourth-order valence-electron chi connectivity index (χ4n) is 6.96. The number of aliphatic carboxylic acids is 1. The molecule has 0 saturated heterocycles. The Kier molecular flexibility index (Phi) is 8.22. The molecule has 2 aromatic rings. The second-order valence-electron chi connectivity index (χ2n) is 11.7. The summed E-state index contributed by atoms with van der Waals surface area (Å²) in [6.07, 6.45) is 2.13. The first-order chi connectivity index (χ1) is 18.6. The summed E-state index contributed by atoms with van der Waals surface area (Å²) in [5.41, 5.74) is 0.956. The first kappa shape index (κ1) is 27.9. The predicted molar refractivity (Wildman–Crippen MR) is 141 cm³/mol. The lowest BCUT2D eigenvalue weighted by molar-refractivity contribution is -0.139. The molecule has 0 bridgehead atoms. The molecule has 0 radical (unpaired) electrons. The normalized spacial score (nSPS) is 24.8. The van der Waals surface area contributed by atoms with Crippen molar-refractivity contribution in [2.45, 2.75) is 94.6 Å². The molecule has 0 amide bonds. The Morgan fingerprint density at radius 1 is 1.05 bits per heavy atom. The number of halogens is 4. The van der Waals surface area contributed by atoms with Crippen molar-refractivity contribution in [2.24, 2.45) is 5.92 Å². The molecule has 4 nitrogen and oxygen atoms in total. The lowest BCUT2D eigenvalue weighted by Gasteiger charge is -2.45. The average Bonchev–Trinajstić information content (AvgIpc) is 3.36. The van der Waals surface area contributed by atoms with Gasteiger partial charge < -0.3 is 9.84 Å². The van der Waals surface area contributed by atoms with E-state index in [-0.39, 0.29) is 30.8 Å². The summed E-state index contributed by atoms with van der Waals surface area (Å²) in [5.74, 6) is -0.238. The molecule has 2 aliphatic carbocycles. The Labute approximate surface area is 227 Å². The highest BCUT2D eigenvalue weighted by Gasteiger charge is 2.41. The van der Waals surface area contributed by atoms with Gasteiger partial charge in [0, 0.05) is 32.0 Å². The minimum Gasteiger partial charge on any atom is -0.493 e. The van der Waals surface area contributed by atoms with Crippen LogP contribution in [-0.2, 0) is 23.9 Å². The Balaban J connectivity index is 1.47. The zero-order valence-electron chi connectivity index (χ0n) is 22.2. The third-order valence-electron chi connectivity index (χ3n) is 8.90. The number of carbonyl (C=O) groups is 1. The van der Waals surface area contributed by atoms with E-state index in [1.54, 1.807) is 0 Å². The van der Waals surface area contributed by atoms with Gasteiger partial charge in [-0.25, -0.2) is 4.39 Å². The third kappa shape index (κ3) is 6.76. The summed E-state index contributed by atoms with van der Waals surface area (Å²) < 4.78 is 61.7. The summed E-state index contributed by atoms with van der Waals surface area (Å²) in [6.45, 7) is 1.45. The number of hydrogen-bond acceptors (Lipinski definition) is 3. The van der Waals surface area contributed by atoms with Crippen LogP contribution in [0, 0.1) is 5.92 Å². The van der Waals surface area contributed by atoms with Gasteiger partial charge in [0.05, 0.1) is 12.2 Å². The Morgan fingerprint density at radius 2 is 1.79 bits per heavy atom. The van der Waals surface area contributed by atoms with E-state index in [9.17, 15) is 23.1 Å². The zero-order chi connectivity index (χ0) is 27.6. The van der Waals surface area contributed by atoms with E-state index < -0.39 is 23.4 Å². The maximum Gasteiger partial charge on any atom is 0.416 e. The van der Waals surface area contributed by atoms with Crippen LogP contribution in [0.3, 0.4) is 0 Å². The fourth-order valence-corrected chi connectivity index (χ4v) is 6.96. The van der Waals surface area contributed by atoms with Crippen LogP contribution < -0.4 is 4.74 Å². The molecule has 2 saturated carbocycles. The van der Waals surface area contributed by atoms with Crippen LogP contribution in [0.5, 0.6) is 5.75 Å². The molecule has 39 heavy (non-hydrogen) atoms. The topological polar surface area (TPSA) is 49.8 Å². The quantitative estimate of drug-likeness (QED) is 0.347. The molecule has 3 atom stereocenters. The average molecular weight is 548 g/mol. The van der Waals surface area contributed by atoms with E-state index in [1.807, 2.05) is 12.1 Å². The van der Waals surface area contributed by atoms with Crippen molar-refractivity contribution in [3.8, 4) is 5.75 Å². The minimum atomic E-state index is -4.43. The van der Waals surface area contributed by atoms with E-state index >= 15 is 4.39 Å². The molecule has 1 aliphatic heterocycles. The van der Waals surface area contributed by atoms with Crippen LogP contribution >= 0.6 is 0 Å². The molecule has 2 fully saturated rings. The Morgan fingerprint density at radius 3 is 2.49 bits per heavy atom. The number of ether oxygens (including phenoxy) is 1. The maximum atomic E-state index is 16.2. The third-order valence-corrected chi connectivity index (χ3v) is 8.90. The highest BCUT2D eigenvalue weighted by atomic mass is 19.4. The van der Waals surface area contributed by atoms with Crippen molar-refractivity contribution in [3.63, 3.8) is 0 Å². The SMILES string of the molecule is O=C(O)C[C@@H]1CC[C@@H](N(Cc2ccc3c(c2)CCO3)CC2(F)CCCCC2)[C@H](c2ccc(C(F)(F)F)cc2)C1. The van der Waals surface area contributed by atoms with Crippen molar-refractivity contribution in [2.75, 3.05) is 13.2 Å². The fraction of sp³-hybridized carbons (Fsp3) is 0.581. The van der Waals surface area contributed by atoms with E-state index in [0.29, 0.717) is 45.3 Å². The molecule has 1 N–H and O–H groups in total. The monoisotopic (exact) mass is 547 g/mol.